The zero-order chi connectivity index (χ0) is 12.7. The molecule has 0 saturated carbocycles. The van der Waals surface area contributed by atoms with Crippen LogP contribution in [0.5, 0.6) is 0 Å². The molecule has 2 nitrogen and oxygen atoms in total. The van der Waals surface area contributed by atoms with Crippen LogP contribution in [0.25, 0.3) is 0 Å². The van der Waals surface area contributed by atoms with Gasteiger partial charge in [0.05, 0.1) is 5.69 Å². The van der Waals surface area contributed by atoms with E-state index >= 15 is 0 Å². The molecule has 0 unspecified atom stereocenters. The van der Waals surface area contributed by atoms with Gasteiger partial charge in [0.1, 0.15) is 0 Å². The summed E-state index contributed by atoms with van der Waals surface area (Å²) < 4.78 is 1.14. The third-order valence-corrected chi connectivity index (χ3v) is 4.13. The Kier molecular flexibility index (Phi) is 2.78. The van der Waals surface area contributed by atoms with Crippen molar-refractivity contribution in [1.82, 2.24) is 0 Å². The first kappa shape index (κ1) is 11.6. The quantitative estimate of drug-likeness (QED) is 0.811. The molecule has 1 aliphatic rings. The van der Waals surface area contributed by atoms with Gasteiger partial charge in [-0.2, -0.15) is 0 Å². The normalized spacial score (nSPS) is 13.8. The lowest BCUT2D eigenvalue weighted by molar-refractivity contribution is 0.877. The summed E-state index contributed by atoms with van der Waals surface area (Å²) in [4.78, 5) is 2.36. The van der Waals surface area contributed by atoms with Gasteiger partial charge in [-0.25, -0.2) is 0 Å². The van der Waals surface area contributed by atoms with E-state index in [1.807, 2.05) is 12.1 Å². The van der Waals surface area contributed by atoms with Gasteiger partial charge in [0, 0.05) is 23.2 Å². The molecule has 92 valence electrons. The number of hydrogen-bond donors (Lipinski definition) is 1. The predicted octanol–water partition coefficient (Wildman–Crippen LogP) is 3.86. The van der Waals surface area contributed by atoms with Crippen LogP contribution < -0.4 is 10.6 Å². The van der Waals surface area contributed by atoms with Crippen molar-refractivity contribution in [2.45, 2.75) is 20.0 Å². The number of hydrogen-bond acceptors (Lipinski definition) is 2. The fraction of sp³-hybridized carbons (Fsp3) is 0.200. The van der Waals surface area contributed by atoms with Crippen LogP contribution in [0.15, 0.2) is 40.9 Å². The second-order valence-electron chi connectivity index (χ2n) is 4.80. The molecule has 2 N–H and O–H groups in total. The summed E-state index contributed by atoms with van der Waals surface area (Å²) in [5, 5.41) is 0. The fourth-order valence-corrected chi connectivity index (χ4v) is 2.98. The van der Waals surface area contributed by atoms with Gasteiger partial charge >= 0.3 is 0 Å². The minimum absolute atomic E-state index is 0.893. The van der Waals surface area contributed by atoms with Crippen molar-refractivity contribution in [2.75, 3.05) is 10.6 Å². The van der Waals surface area contributed by atoms with Crippen LogP contribution in [-0.4, -0.2) is 0 Å². The lowest BCUT2D eigenvalue weighted by Gasteiger charge is -2.20. The summed E-state index contributed by atoms with van der Waals surface area (Å²) in [6.45, 7) is 3.94. The minimum Gasteiger partial charge on any atom is -0.398 e. The molecular weight excluding hydrogens is 288 g/mol. The number of nitrogens with zero attached hydrogens (tertiary/aromatic N) is 1. The topological polar surface area (TPSA) is 29.3 Å². The van der Waals surface area contributed by atoms with Crippen LogP contribution >= 0.6 is 15.9 Å². The third-order valence-electron chi connectivity index (χ3n) is 3.46. The maximum atomic E-state index is 6.04. The van der Waals surface area contributed by atoms with E-state index < -0.39 is 0 Å². The summed E-state index contributed by atoms with van der Waals surface area (Å²) in [6.07, 6.45) is 0. The molecule has 0 saturated heterocycles. The smallest absolute Gasteiger partial charge is 0.0519 e. The molecule has 0 atom stereocenters. The van der Waals surface area contributed by atoms with Crippen LogP contribution in [0.4, 0.5) is 11.4 Å². The van der Waals surface area contributed by atoms with E-state index in [0.717, 1.165) is 23.2 Å². The Labute approximate surface area is 116 Å². The first-order valence-corrected chi connectivity index (χ1v) is 6.82. The van der Waals surface area contributed by atoms with E-state index in [-0.39, 0.29) is 0 Å². The van der Waals surface area contributed by atoms with Crippen molar-refractivity contribution in [3.63, 3.8) is 0 Å². The molecule has 3 heteroatoms. The van der Waals surface area contributed by atoms with E-state index in [1.54, 1.807) is 0 Å². The van der Waals surface area contributed by atoms with E-state index in [4.69, 9.17) is 5.73 Å². The number of rotatable bonds is 1. The molecule has 0 bridgehead atoms. The maximum absolute atomic E-state index is 6.04. The Balaban J connectivity index is 1.99. The van der Waals surface area contributed by atoms with E-state index in [9.17, 15) is 0 Å². The molecule has 0 aromatic heterocycles. The molecule has 1 aliphatic heterocycles. The number of anilines is 2. The number of benzene rings is 2. The van der Waals surface area contributed by atoms with Crippen LogP contribution in [-0.2, 0) is 13.1 Å². The van der Waals surface area contributed by atoms with Gasteiger partial charge in [-0.15, -0.1) is 0 Å². The molecule has 0 radical (unpaired) electrons. The summed E-state index contributed by atoms with van der Waals surface area (Å²) in [6, 6.07) is 12.6. The number of nitrogens with two attached hydrogens (primary N) is 1. The predicted molar refractivity (Wildman–Crippen MR) is 79.6 cm³/mol. The summed E-state index contributed by atoms with van der Waals surface area (Å²) in [5.41, 5.74) is 12.1. The summed E-state index contributed by atoms with van der Waals surface area (Å²) in [7, 11) is 0. The molecule has 0 amide bonds. The largest absolute Gasteiger partial charge is 0.398 e. The maximum Gasteiger partial charge on any atom is 0.0519 e. The molecular formula is C15H15BrN2. The van der Waals surface area contributed by atoms with E-state index in [2.05, 4.69) is 52.0 Å². The van der Waals surface area contributed by atoms with Crippen molar-refractivity contribution < 1.29 is 0 Å². The van der Waals surface area contributed by atoms with Gasteiger partial charge < -0.3 is 10.6 Å². The van der Waals surface area contributed by atoms with E-state index in [1.165, 1.54) is 22.4 Å². The second kappa shape index (κ2) is 4.32. The minimum atomic E-state index is 0.893. The monoisotopic (exact) mass is 302 g/mol. The average Bonchev–Trinajstić information content (AvgIpc) is 2.77. The van der Waals surface area contributed by atoms with Crippen molar-refractivity contribution in [2.24, 2.45) is 0 Å². The summed E-state index contributed by atoms with van der Waals surface area (Å²) in [5.74, 6) is 0. The van der Waals surface area contributed by atoms with Crippen LogP contribution in [0.1, 0.15) is 16.7 Å². The fourth-order valence-electron chi connectivity index (χ4n) is 2.48. The van der Waals surface area contributed by atoms with Crippen molar-refractivity contribution in [1.29, 1.82) is 0 Å². The number of nitrogen functional groups attached to an aromatic ring is 1. The van der Waals surface area contributed by atoms with Crippen molar-refractivity contribution >= 4 is 27.3 Å². The molecule has 3 rings (SSSR count). The third kappa shape index (κ3) is 1.89. The Bertz CT molecular complexity index is 607. The highest BCUT2D eigenvalue weighted by atomic mass is 79.9. The van der Waals surface area contributed by atoms with Crippen LogP contribution in [0, 0.1) is 6.92 Å². The number of halogens is 1. The van der Waals surface area contributed by atoms with Gasteiger partial charge in [0.2, 0.25) is 0 Å². The lowest BCUT2D eigenvalue weighted by Crippen LogP contribution is -2.15. The highest BCUT2D eigenvalue weighted by molar-refractivity contribution is 9.10. The van der Waals surface area contributed by atoms with Gasteiger partial charge in [-0.05, 0) is 57.7 Å². The Morgan fingerprint density at radius 1 is 1.17 bits per heavy atom. The molecule has 18 heavy (non-hydrogen) atoms. The average molecular weight is 303 g/mol. The summed E-state index contributed by atoms with van der Waals surface area (Å²) >= 11 is 3.63. The van der Waals surface area contributed by atoms with Crippen molar-refractivity contribution in [3.8, 4) is 0 Å². The first-order chi connectivity index (χ1) is 8.65. The molecule has 1 heterocycles. The Hall–Kier alpha value is -1.48. The molecule has 0 aliphatic carbocycles. The van der Waals surface area contributed by atoms with Gasteiger partial charge in [-0.3, -0.25) is 0 Å². The zero-order valence-corrected chi connectivity index (χ0v) is 11.9. The van der Waals surface area contributed by atoms with Crippen molar-refractivity contribution in [3.05, 3.63) is 57.6 Å². The second-order valence-corrected chi connectivity index (χ2v) is 5.65. The standard InChI is InChI=1S/C15H15BrN2/c1-10-5-6-13(16)15(7-10)18-8-11-3-2-4-14(17)12(11)9-18/h2-7H,8-9,17H2,1H3. The first-order valence-electron chi connectivity index (χ1n) is 6.02. The van der Waals surface area contributed by atoms with Gasteiger partial charge in [-0.1, -0.05) is 18.2 Å². The Morgan fingerprint density at radius 3 is 2.78 bits per heavy atom. The number of aryl methyl sites for hydroxylation is 1. The SMILES string of the molecule is Cc1ccc(Br)c(N2Cc3cccc(N)c3C2)c1. The van der Waals surface area contributed by atoms with Gasteiger partial charge in [0.25, 0.3) is 0 Å². The lowest BCUT2D eigenvalue weighted by atomic mass is 10.1. The van der Waals surface area contributed by atoms with Crippen LogP contribution in [0.3, 0.4) is 0 Å². The zero-order valence-electron chi connectivity index (χ0n) is 10.3. The van der Waals surface area contributed by atoms with Gasteiger partial charge in [0.15, 0.2) is 0 Å². The molecule has 2 aromatic rings. The van der Waals surface area contributed by atoms with E-state index in [0.29, 0.717) is 0 Å². The Morgan fingerprint density at radius 2 is 2.00 bits per heavy atom. The molecule has 0 fully saturated rings. The highest BCUT2D eigenvalue weighted by Gasteiger charge is 2.22. The molecule has 2 aromatic carbocycles. The highest BCUT2D eigenvalue weighted by Crippen LogP contribution is 2.35. The van der Waals surface area contributed by atoms with Crippen LogP contribution in [0.2, 0.25) is 0 Å². The number of fused-ring (bicyclic) bond motifs is 1. The molecule has 0 spiro atoms.